The average Bonchev–Trinajstić information content (AvgIpc) is 3.22. The van der Waals surface area contributed by atoms with Gasteiger partial charge in [-0.25, -0.2) is 0 Å². The highest BCUT2D eigenvalue weighted by molar-refractivity contribution is 7.99. The summed E-state index contributed by atoms with van der Waals surface area (Å²) in [6, 6.07) is 11.2. The van der Waals surface area contributed by atoms with E-state index >= 15 is 0 Å². The van der Waals surface area contributed by atoms with Gasteiger partial charge in [-0.05, 0) is 51.5 Å². The van der Waals surface area contributed by atoms with Gasteiger partial charge in [-0.15, -0.1) is 10.2 Å². The molecule has 11 heteroatoms. The minimum absolute atomic E-state index is 0.0305. The van der Waals surface area contributed by atoms with Gasteiger partial charge >= 0.3 is 0 Å². The molecule has 1 aromatic heterocycles. The molecule has 0 saturated carbocycles. The summed E-state index contributed by atoms with van der Waals surface area (Å²) < 4.78 is 1.86. The Bertz CT molecular complexity index is 1210. The third-order valence-electron chi connectivity index (χ3n) is 5.14. The molecular formula is C23H26N6O4S. The second kappa shape index (κ2) is 10.9. The maximum atomic E-state index is 12.6. The van der Waals surface area contributed by atoms with Crippen LogP contribution in [0.25, 0.3) is 0 Å². The van der Waals surface area contributed by atoms with Gasteiger partial charge in [0.15, 0.2) is 11.0 Å². The quantitative estimate of drug-likeness (QED) is 0.267. The van der Waals surface area contributed by atoms with Crippen LogP contribution in [0.15, 0.2) is 47.6 Å². The molecule has 0 spiro atoms. The van der Waals surface area contributed by atoms with Crippen LogP contribution in [-0.2, 0) is 11.3 Å². The number of carbonyl (C=O) groups excluding carboxylic acids is 2. The molecule has 3 rings (SSSR count). The Morgan fingerprint density at radius 2 is 1.85 bits per heavy atom. The lowest BCUT2D eigenvalue weighted by Crippen LogP contribution is -2.28. The SMILES string of the molecule is CCn1c(SCC(=O)Nc2ccc([N+](=O)[O-])cc2C)nnc1[C@H](C)NC(=O)c1ccc(C)cc1. The molecule has 0 aliphatic carbocycles. The van der Waals surface area contributed by atoms with Crippen LogP contribution < -0.4 is 10.6 Å². The fourth-order valence-corrected chi connectivity index (χ4v) is 4.10. The zero-order valence-electron chi connectivity index (χ0n) is 19.4. The number of nitro benzene ring substituents is 1. The van der Waals surface area contributed by atoms with Crippen molar-refractivity contribution in [3.05, 3.63) is 75.1 Å². The molecule has 0 aliphatic rings. The molecule has 34 heavy (non-hydrogen) atoms. The molecule has 1 heterocycles. The number of nitrogens with zero attached hydrogens (tertiary/aromatic N) is 4. The second-order valence-electron chi connectivity index (χ2n) is 7.74. The lowest BCUT2D eigenvalue weighted by Gasteiger charge is -2.15. The fraction of sp³-hybridized carbons (Fsp3) is 0.304. The number of rotatable bonds is 9. The number of nitro groups is 1. The van der Waals surface area contributed by atoms with Crippen molar-refractivity contribution in [1.29, 1.82) is 0 Å². The average molecular weight is 483 g/mol. The Morgan fingerprint density at radius 1 is 1.15 bits per heavy atom. The first-order valence-corrected chi connectivity index (χ1v) is 11.7. The fourth-order valence-electron chi connectivity index (χ4n) is 3.29. The van der Waals surface area contributed by atoms with E-state index in [4.69, 9.17) is 0 Å². The predicted molar refractivity (Wildman–Crippen MR) is 130 cm³/mol. The molecule has 2 amide bonds. The van der Waals surface area contributed by atoms with E-state index in [9.17, 15) is 19.7 Å². The van der Waals surface area contributed by atoms with Gasteiger partial charge in [0.25, 0.3) is 11.6 Å². The molecule has 3 aromatic rings. The summed E-state index contributed by atoms with van der Waals surface area (Å²) in [4.78, 5) is 35.4. The molecule has 10 nitrogen and oxygen atoms in total. The lowest BCUT2D eigenvalue weighted by molar-refractivity contribution is -0.384. The van der Waals surface area contributed by atoms with E-state index in [1.54, 1.807) is 19.1 Å². The summed E-state index contributed by atoms with van der Waals surface area (Å²) >= 11 is 1.22. The van der Waals surface area contributed by atoms with Crippen molar-refractivity contribution in [2.75, 3.05) is 11.1 Å². The molecule has 178 valence electrons. The van der Waals surface area contributed by atoms with Crippen LogP contribution in [0.5, 0.6) is 0 Å². The highest BCUT2D eigenvalue weighted by Crippen LogP contribution is 2.23. The van der Waals surface area contributed by atoms with Gasteiger partial charge in [-0.3, -0.25) is 19.7 Å². The summed E-state index contributed by atoms with van der Waals surface area (Å²) in [6.07, 6.45) is 0. The van der Waals surface area contributed by atoms with Crippen LogP contribution in [-0.4, -0.2) is 37.3 Å². The smallest absolute Gasteiger partial charge is 0.269 e. The predicted octanol–water partition coefficient (Wildman–Crippen LogP) is 4.04. The third-order valence-corrected chi connectivity index (χ3v) is 6.10. The van der Waals surface area contributed by atoms with Crippen molar-refractivity contribution in [3.63, 3.8) is 0 Å². The van der Waals surface area contributed by atoms with Gasteiger partial charge in [0.05, 0.1) is 16.7 Å². The van der Waals surface area contributed by atoms with E-state index in [0.717, 1.165) is 5.56 Å². The maximum absolute atomic E-state index is 12.6. The number of non-ortho nitro benzene ring substituents is 1. The summed E-state index contributed by atoms with van der Waals surface area (Å²) in [7, 11) is 0. The number of aromatic nitrogens is 3. The van der Waals surface area contributed by atoms with Crippen LogP contribution in [0.4, 0.5) is 11.4 Å². The first-order chi connectivity index (χ1) is 16.2. The van der Waals surface area contributed by atoms with Crippen LogP contribution in [0.1, 0.15) is 47.2 Å². The normalized spacial score (nSPS) is 11.6. The number of thioether (sulfide) groups is 1. The van der Waals surface area contributed by atoms with Gasteiger partial charge in [0, 0.05) is 29.9 Å². The molecule has 0 saturated heterocycles. The number of amides is 2. The maximum Gasteiger partial charge on any atom is 0.269 e. The first-order valence-electron chi connectivity index (χ1n) is 10.7. The Hall–Kier alpha value is -3.73. The molecule has 0 unspecified atom stereocenters. The summed E-state index contributed by atoms with van der Waals surface area (Å²) in [6.45, 7) is 7.99. The van der Waals surface area contributed by atoms with Crippen molar-refractivity contribution in [2.45, 2.75) is 45.4 Å². The molecule has 0 aliphatic heterocycles. The van der Waals surface area contributed by atoms with E-state index in [0.29, 0.717) is 34.3 Å². The van der Waals surface area contributed by atoms with E-state index in [2.05, 4.69) is 20.8 Å². The van der Waals surface area contributed by atoms with Gasteiger partial charge in [-0.2, -0.15) is 0 Å². The first kappa shape index (κ1) is 24.9. The van der Waals surface area contributed by atoms with Gasteiger partial charge in [-0.1, -0.05) is 29.5 Å². The zero-order valence-corrected chi connectivity index (χ0v) is 20.2. The highest BCUT2D eigenvalue weighted by Gasteiger charge is 2.20. The molecular weight excluding hydrogens is 456 g/mol. The van der Waals surface area contributed by atoms with E-state index in [1.165, 1.54) is 30.0 Å². The molecule has 0 radical (unpaired) electrons. The van der Waals surface area contributed by atoms with Gasteiger partial charge in [0.1, 0.15) is 0 Å². The summed E-state index contributed by atoms with van der Waals surface area (Å²) in [5, 5.41) is 25.6. The number of carbonyl (C=O) groups is 2. The minimum Gasteiger partial charge on any atom is -0.342 e. The number of aryl methyl sites for hydroxylation is 2. The van der Waals surface area contributed by atoms with E-state index < -0.39 is 4.92 Å². The number of hydrogen-bond acceptors (Lipinski definition) is 7. The largest absolute Gasteiger partial charge is 0.342 e. The van der Waals surface area contributed by atoms with Gasteiger partial charge in [0.2, 0.25) is 5.91 Å². The highest BCUT2D eigenvalue weighted by atomic mass is 32.2. The third kappa shape index (κ3) is 5.98. The molecule has 0 bridgehead atoms. The number of anilines is 1. The monoisotopic (exact) mass is 482 g/mol. The lowest BCUT2D eigenvalue weighted by atomic mass is 10.1. The van der Waals surface area contributed by atoms with Crippen LogP contribution in [0.2, 0.25) is 0 Å². The summed E-state index contributed by atoms with van der Waals surface area (Å²) in [5.74, 6) is 0.204. The van der Waals surface area contributed by atoms with Crippen LogP contribution in [0, 0.1) is 24.0 Å². The Labute approximate surface area is 201 Å². The summed E-state index contributed by atoms with van der Waals surface area (Å²) in [5.41, 5.74) is 2.72. The number of nitrogens with one attached hydrogen (secondary N) is 2. The molecule has 0 fully saturated rings. The van der Waals surface area contributed by atoms with Crippen molar-refractivity contribution >= 4 is 35.0 Å². The molecule has 2 N–H and O–H groups in total. The minimum atomic E-state index is -0.478. The van der Waals surface area contributed by atoms with Crippen LogP contribution >= 0.6 is 11.8 Å². The zero-order chi connectivity index (χ0) is 24.8. The van der Waals surface area contributed by atoms with Crippen molar-refractivity contribution in [3.8, 4) is 0 Å². The standard InChI is InChI=1S/C23H26N6O4S/c1-5-28-21(16(4)24-22(31)17-8-6-14(2)7-9-17)26-27-23(28)34-13-20(30)25-19-11-10-18(29(32)33)12-15(19)3/h6-12,16H,5,13H2,1-4H3,(H,24,31)(H,25,30)/t16-/m0/s1. The van der Waals surface area contributed by atoms with Crippen molar-refractivity contribution in [1.82, 2.24) is 20.1 Å². The number of benzene rings is 2. The van der Waals surface area contributed by atoms with Crippen molar-refractivity contribution < 1.29 is 14.5 Å². The van der Waals surface area contributed by atoms with E-state index in [1.807, 2.05) is 37.5 Å². The second-order valence-corrected chi connectivity index (χ2v) is 8.68. The molecule has 1 atom stereocenters. The number of hydrogen-bond donors (Lipinski definition) is 2. The van der Waals surface area contributed by atoms with E-state index in [-0.39, 0.29) is 29.3 Å². The van der Waals surface area contributed by atoms with Crippen LogP contribution in [0.3, 0.4) is 0 Å². The van der Waals surface area contributed by atoms with Crippen molar-refractivity contribution in [2.24, 2.45) is 0 Å². The molecule has 2 aromatic carbocycles. The Balaban J connectivity index is 1.62. The topological polar surface area (TPSA) is 132 Å². The Kier molecular flexibility index (Phi) is 8.00. The van der Waals surface area contributed by atoms with Gasteiger partial charge < -0.3 is 15.2 Å². The Morgan fingerprint density at radius 3 is 2.47 bits per heavy atom.